The van der Waals surface area contributed by atoms with Gasteiger partial charge in [0.25, 0.3) is 5.91 Å². The molecule has 0 fully saturated rings. The van der Waals surface area contributed by atoms with Gasteiger partial charge in [-0.1, -0.05) is 0 Å². The van der Waals surface area contributed by atoms with E-state index in [1.54, 1.807) is 19.0 Å². The van der Waals surface area contributed by atoms with Crippen LogP contribution < -0.4 is 0 Å². The number of likely N-dealkylation sites (N-methyl/N-ethyl adjacent to an activating group) is 2. The molecule has 116 valence electrons. The van der Waals surface area contributed by atoms with E-state index < -0.39 is 0 Å². The third-order valence-electron chi connectivity index (χ3n) is 3.07. The predicted molar refractivity (Wildman–Crippen MR) is 85.2 cm³/mol. The molecule has 0 N–H and O–H groups in total. The Labute approximate surface area is 124 Å². The Morgan fingerprint density at radius 3 is 1.25 bits per heavy atom. The molecule has 0 aliphatic carbocycles. The molecule has 0 aliphatic heterocycles. The van der Waals surface area contributed by atoms with Crippen molar-refractivity contribution in [2.45, 2.75) is 13.8 Å². The molecule has 0 unspecified atom stereocenters. The Morgan fingerprint density at radius 2 is 1.00 bits per heavy atom. The molecule has 0 aromatic rings. The summed E-state index contributed by atoms with van der Waals surface area (Å²) in [7, 11) is 15.5. The molecule has 0 saturated heterocycles. The van der Waals surface area contributed by atoms with Crippen LogP contribution in [0.2, 0.25) is 0 Å². The molecule has 5 nitrogen and oxygen atoms in total. The minimum atomic E-state index is 0.0323. The summed E-state index contributed by atoms with van der Waals surface area (Å²) in [4.78, 5) is 20.0. The lowest BCUT2D eigenvalue weighted by Crippen LogP contribution is -2.30. The van der Waals surface area contributed by atoms with E-state index in [0.29, 0.717) is 0 Å². The lowest BCUT2D eigenvalue weighted by Gasteiger charge is -2.31. The zero-order chi connectivity index (χ0) is 16.2. The van der Waals surface area contributed by atoms with Gasteiger partial charge < -0.3 is 19.6 Å². The van der Waals surface area contributed by atoms with Crippen molar-refractivity contribution in [1.82, 2.24) is 19.6 Å². The summed E-state index contributed by atoms with van der Waals surface area (Å²) in [6.07, 6.45) is 0. The Bertz CT molecular complexity index is 408. The smallest absolute Gasteiger partial charge is 0.251 e. The van der Waals surface area contributed by atoms with Crippen LogP contribution in [0.15, 0.2) is 22.7 Å². The maximum atomic E-state index is 12.2. The second kappa shape index (κ2) is 7.22. The van der Waals surface area contributed by atoms with Crippen LogP contribution in [-0.4, -0.2) is 81.9 Å². The molecular formula is C15H30N4O. The first-order valence-corrected chi connectivity index (χ1v) is 6.68. The number of amides is 1. The molecule has 0 spiro atoms. The Morgan fingerprint density at radius 1 is 0.600 bits per heavy atom. The maximum absolute atomic E-state index is 12.2. The Balaban J connectivity index is 6.14. The fourth-order valence-electron chi connectivity index (χ4n) is 2.57. The summed E-state index contributed by atoms with van der Waals surface area (Å²) < 4.78 is 0. The topological polar surface area (TPSA) is 30.0 Å². The van der Waals surface area contributed by atoms with Crippen LogP contribution in [0.5, 0.6) is 0 Å². The van der Waals surface area contributed by atoms with Crippen molar-refractivity contribution in [1.29, 1.82) is 0 Å². The van der Waals surface area contributed by atoms with Gasteiger partial charge in [-0.15, -0.1) is 0 Å². The van der Waals surface area contributed by atoms with E-state index in [1.165, 1.54) is 0 Å². The molecule has 0 rings (SSSR count). The van der Waals surface area contributed by atoms with Gasteiger partial charge in [0, 0.05) is 67.5 Å². The molecule has 0 heterocycles. The van der Waals surface area contributed by atoms with Gasteiger partial charge in [0.2, 0.25) is 0 Å². The number of hydrogen-bond acceptors (Lipinski definition) is 4. The van der Waals surface area contributed by atoms with Crippen molar-refractivity contribution in [3.63, 3.8) is 0 Å². The van der Waals surface area contributed by atoms with E-state index in [2.05, 4.69) is 16.7 Å². The largest absolute Gasteiger partial charge is 0.377 e. The second-order valence-electron chi connectivity index (χ2n) is 5.81. The van der Waals surface area contributed by atoms with Crippen molar-refractivity contribution < 1.29 is 4.79 Å². The molecule has 20 heavy (non-hydrogen) atoms. The van der Waals surface area contributed by atoms with Crippen LogP contribution in [0.4, 0.5) is 0 Å². The summed E-state index contributed by atoms with van der Waals surface area (Å²) in [5.74, 6) is 1.12. The number of allylic oxidation sites excluding steroid dienone is 1. The van der Waals surface area contributed by atoms with Crippen molar-refractivity contribution in [2.75, 3.05) is 56.4 Å². The molecule has 0 aromatic heterocycles. The zero-order valence-corrected chi connectivity index (χ0v) is 14.7. The van der Waals surface area contributed by atoms with Crippen molar-refractivity contribution in [2.24, 2.45) is 0 Å². The fourth-order valence-corrected chi connectivity index (χ4v) is 2.57. The molecule has 0 atom stereocenters. The van der Waals surface area contributed by atoms with Crippen LogP contribution >= 0.6 is 0 Å². The molecule has 0 bridgehead atoms. The van der Waals surface area contributed by atoms with Gasteiger partial charge in [-0.05, 0) is 13.8 Å². The number of rotatable bonds is 5. The van der Waals surface area contributed by atoms with Gasteiger partial charge in [0.15, 0.2) is 0 Å². The van der Waals surface area contributed by atoms with Crippen LogP contribution in [0, 0.1) is 0 Å². The average Bonchev–Trinajstić information content (AvgIpc) is 2.25. The van der Waals surface area contributed by atoms with Crippen molar-refractivity contribution in [3.8, 4) is 0 Å². The second-order valence-corrected chi connectivity index (χ2v) is 5.81. The van der Waals surface area contributed by atoms with Gasteiger partial charge in [0.1, 0.15) is 5.82 Å². The Hall–Kier alpha value is -1.65. The van der Waals surface area contributed by atoms with Gasteiger partial charge in [-0.3, -0.25) is 4.79 Å². The first-order valence-electron chi connectivity index (χ1n) is 6.68. The van der Waals surface area contributed by atoms with Gasteiger partial charge in [-0.25, -0.2) is 0 Å². The quantitative estimate of drug-likeness (QED) is 0.561. The fraction of sp³-hybridized carbons (Fsp3) is 0.667. The summed E-state index contributed by atoms with van der Waals surface area (Å²) in [5.41, 5.74) is 2.79. The monoisotopic (exact) mass is 282 g/mol. The standard InChI is InChI=1S/C15H30N4O/c1-11(14(17(5)6)18(7)8)13(16(3)4)12(2)15(20)19(9)10/h1-10H3/b13-12-. The number of carbonyl (C=O) groups excluding carboxylic acids is 1. The molecule has 0 aromatic carbocycles. The summed E-state index contributed by atoms with van der Waals surface area (Å²) in [5, 5.41) is 0. The van der Waals surface area contributed by atoms with E-state index in [1.807, 2.05) is 54.1 Å². The number of hydrogen-bond donors (Lipinski definition) is 0. The van der Waals surface area contributed by atoms with Crippen LogP contribution in [-0.2, 0) is 4.79 Å². The SMILES string of the molecule is CC(=C(N(C)C)N(C)C)/C(=C(\C)C(=O)N(C)C)N(C)C. The first kappa shape index (κ1) is 18.4. The number of carbonyl (C=O) groups is 1. The van der Waals surface area contributed by atoms with E-state index in [-0.39, 0.29) is 5.91 Å². The highest BCUT2D eigenvalue weighted by molar-refractivity contribution is 5.93. The molecule has 0 saturated carbocycles. The highest BCUT2D eigenvalue weighted by Crippen LogP contribution is 2.23. The average molecular weight is 282 g/mol. The lowest BCUT2D eigenvalue weighted by molar-refractivity contribution is -0.124. The van der Waals surface area contributed by atoms with E-state index in [9.17, 15) is 4.79 Å². The lowest BCUT2D eigenvalue weighted by atomic mass is 10.1. The van der Waals surface area contributed by atoms with Gasteiger partial charge >= 0.3 is 0 Å². The highest BCUT2D eigenvalue weighted by atomic mass is 16.2. The molecule has 0 aliphatic rings. The molecule has 0 radical (unpaired) electrons. The van der Waals surface area contributed by atoms with Crippen molar-refractivity contribution >= 4 is 5.91 Å². The maximum Gasteiger partial charge on any atom is 0.251 e. The molecule has 5 heteroatoms. The van der Waals surface area contributed by atoms with E-state index in [0.717, 1.165) is 22.7 Å². The number of nitrogens with zero attached hydrogens (tertiary/aromatic N) is 4. The summed E-state index contributed by atoms with van der Waals surface area (Å²) >= 11 is 0. The van der Waals surface area contributed by atoms with Gasteiger partial charge in [0.05, 0.1) is 5.70 Å². The van der Waals surface area contributed by atoms with Crippen LogP contribution in [0.3, 0.4) is 0 Å². The minimum Gasteiger partial charge on any atom is -0.377 e. The van der Waals surface area contributed by atoms with Crippen LogP contribution in [0.1, 0.15) is 13.8 Å². The normalized spacial score (nSPS) is 11.5. The molecular weight excluding hydrogens is 252 g/mol. The minimum absolute atomic E-state index is 0.0323. The summed E-state index contributed by atoms with van der Waals surface area (Å²) in [6, 6.07) is 0. The Kier molecular flexibility index (Phi) is 6.62. The van der Waals surface area contributed by atoms with Crippen LogP contribution in [0.25, 0.3) is 0 Å². The van der Waals surface area contributed by atoms with Gasteiger partial charge in [-0.2, -0.15) is 0 Å². The third kappa shape index (κ3) is 4.18. The van der Waals surface area contributed by atoms with E-state index >= 15 is 0 Å². The first-order chi connectivity index (χ1) is 9.02. The molecule has 1 amide bonds. The van der Waals surface area contributed by atoms with E-state index in [4.69, 9.17) is 0 Å². The predicted octanol–water partition coefficient (Wildman–Crippen LogP) is 1.26. The summed E-state index contributed by atoms with van der Waals surface area (Å²) in [6.45, 7) is 3.93. The highest BCUT2D eigenvalue weighted by Gasteiger charge is 2.19. The third-order valence-corrected chi connectivity index (χ3v) is 3.07. The van der Waals surface area contributed by atoms with Crippen molar-refractivity contribution in [3.05, 3.63) is 22.7 Å². The zero-order valence-electron chi connectivity index (χ0n) is 14.7.